The Morgan fingerprint density at radius 1 is 0.925 bits per heavy atom. The number of nitrogens with one attached hydrogen (secondary N) is 1. The number of hydrogen-bond acceptors (Lipinski definition) is 4. The van der Waals surface area contributed by atoms with E-state index in [-0.39, 0.29) is 23.5 Å². The number of carbonyl (C=O) groups is 2. The summed E-state index contributed by atoms with van der Waals surface area (Å²) in [6.45, 7) is 4.51. The summed E-state index contributed by atoms with van der Waals surface area (Å²) in [5, 5.41) is 2.53. The predicted molar refractivity (Wildman–Crippen MR) is 147 cm³/mol. The molecule has 0 aromatic heterocycles. The Morgan fingerprint density at radius 3 is 2.15 bits per heavy atom. The van der Waals surface area contributed by atoms with E-state index in [0.717, 1.165) is 23.3 Å². The number of rotatable bonds is 10. The van der Waals surface area contributed by atoms with Gasteiger partial charge in [-0.05, 0) is 56.2 Å². The number of halogens is 3. The molecule has 3 rings (SSSR count). The summed E-state index contributed by atoms with van der Waals surface area (Å²) in [5.74, 6) is -1.19. The van der Waals surface area contributed by atoms with Crippen LogP contribution >= 0.6 is 0 Å². The highest BCUT2D eigenvalue weighted by atomic mass is 32.2. The van der Waals surface area contributed by atoms with E-state index in [1.54, 1.807) is 38.1 Å². The van der Waals surface area contributed by atoms with Gasteiger partial charge >= 0.3 is 6.18 Å². The minimum absolute atomic E-state index is 0.00650. The monoisotopic (exact) mass is 575 g/mol. The molecule has 0 unspecified atom stereocenters. The molecule has 214 valence electrons. The molecular weight excluding hydrogens is 543 g/mol. The third-order valence-corrected chi connectivity index (χ3v) is 8.21. The maximum atomic E-state index is 13.9. The first-order valence-corrected chi connectivity index (χ1v) is 14.0. The van der Waals surface area contributed by atoms with Crippen molar-refractivity contribution >= 4 is 27.5 Å². The average molecular weight is 576 g/mol. The van der Waals surface area contributed by atoms with Crippen molar-refractivity contribution in [3.8, 4) is 0 Å². The second-order valence-corrected chi connectivity index (χ2v) is 11.3. The molecule has 1 atom stereocenters. The van der Waals surface area contributed by atoms with Gasteiger partial charge in [-0.3, -0.25) is 13.9 Å². The topological polar surface area (TPSA) is 86.8 Å². The molecule has 0 saturated heterocycles. The van der Waals surface area contributed by atoms with Gasteiger partial charge in [0.15, 0.2) is 0 Å². The molecule has 3 aromatic carbocycles. The quantitative estimate of drug-likeness (QED) is 0.366. The molecule has 0 aliphatic heterocycles. The van der Waals surface area contributed by atoms with E-state index in [4.69, 9.17) is 0 Å². The highest BCUT2D eigenvalue weighted by molar-refractivity contribution is 7.92. The number of amides is 2. The van der Waals surface area contributed by atoms with Gasteiger partial charge in [0.25, 0.3) is 10.0 Å². The van der Waals surface area contributed by atoms with E-state index in [9.17, 15) is 31.2 Å². The van der Waals surface area contributed by atoms with E-state index in [0.29, 0.717) is 15.9 Å². The van der Waals surface area contributed by atoms with Crippen molar-refractivity contribution in [1.29, 1.82) is 0 Å². The van der Waals surface area contributed by atoms with Crippen LogP contribution in [0.3, 0.4) is 0 Å². The van der Waals surface area contributed by atoms with E-state index in [1.807, 2.05) is 19.1 Å². The Bertz CT molecular complexity index is 1460. The number of aryl methyl sites for hydroxylation is 2. The fourth-order valence-corrected chi connectivity index (χ4v) is 5.70. The first-order chi connectivity index (χ1) is 18.8. The Kier molecular flexibility index (Phi) is 9.62. The molecule has 11 heteroatoms. The lowest BCUT2D eigenvalue weighted by molar-refractivity contribution is -0.140. The van der Waals surface area contributed by atoms with Crippen molar-refractivity contribution in [3.05, 3.63) is 95.1 Å². The van der Waals surface area contributed by atoms with Crippen LogP contribution in [0.15, 0.2) is 77.7 Å². The summed E-state index contributed by atoms with van der Waals surface area (Å²) in [6, 6.07) is 15.9. The summed E-state index contributed by atoms with van der Waals surface area (Å²) in [7, 11) is -3.05. The molecule has 7 nitrogen and oxygen atoms in total. The van der Waals surface area contributed by atoms with Crippen molar-refractivity contribution in [2.24, 2.45) is 0 Å². The number of likely N-dealkylation sites (N-methyl/N-ethyl adjacent to an activating group) is 1. The zero-order chi connectivity index (χ0) is 29.7. The zero-order valence-corrected chi connectivity index (χ0v) is 23.5. The average Bonchev–Trinajstić information content (AvgIpc) is 2.91. The summed E-state index contributed by atoms with van der Waals surface area (Å²) < 4.78 is 68.9. The third-order valence-electron chi connectivity index (χ3n) is 6.42. The first-order valence-electron chi connectivity index (χ1n) is 12.6. The first kappa shape index (κ1) is 30.7. The van der Waals surface area contributed by atoms with Gasteiger partial charge in [-0.1, -0.05) is 60.5 Å². The molecule has 0 spiro atoms. The predicted octanol–water partition coefficient (Wildman–Crippen LogP) is 5.07. The summed E-state index contributed by atoms with van der Waals surface area (Å²) in [6.07, 6.45) is -4.51. The number of anilines is 1. The van der Waals surface area contributed by atoms with Gasteiger partial charge in [0.05, 0.1) is 16.1 Å². The Labute approximate surface area is 232 Å². The molecular formula is C29H32F3N3O4S. The number of benzene rings is 3. The highest BCUT2D eigenvalue weighted by Crippen LogP contribution is 2.33. The number of hydrogen-bond donors (Lipinski definition) is 1. The lowest BCUT2D eigenvalue weighted by Crippen LogP contribution is -2.51. The molecule has 0 bridgehead atoms. The second-order valence-electron chi connectivity index (χ2n) is 9.42. The summed E-state index contributed by atoms with van der Waals surface area (Å²) in [4.78, 5) is 27.7. The molecule has 0 aliphatic rings. The maximum Gasteiger partial charge on any atom is 0.416 e. The van der Waals surface area contributed by atoms with Crippen LogP contribution in [0, 0.1) is 13.8 Å². The number of alkyl halides is 3. The fraction of sp³-hybridized carbons (Fsp3) is 0.310. The molecule has 3 aromatic rings. The van der Waals surface area contributed by atoms with Crippen LogP contribution in [0.25, 0.3) is 0 Å². The summed E-state index contributed by atoms with van der Waals surface area (Å²) >= 11 is 0. The van der Waals surface area contributed by atoms with Gasteiger partial charge < -0.3 is 10.2 Å². The molecule has 2 amide bonds. The number of carbonyl (C=O) groups excluding carboxylic acids is 2. The molecule has 0 aliphatic carbocycles. The van der Waals surface area contributed by atoms with Gasteiger partial charge in [-0.25, -0.2) is 8.42 Å². The standard InChI is InChI=1S/C29H32F3N3O4S/c1-5-26(28(37)33-4)34(18-22-9-6-8-21(3)16-22)27(36)19-35(24-11-7-10-23(17-24)29(30,31)32)40(38,39)25-14-12-20(2)13-15-25/h6-17,26H,5,18-19H2,1-4H3,(H,33,37)/t26-/m0/s1. The lowest BCUT2D eigenvalue weighted by Gasteiger charge is -2.33. The molecule has 40 heavy (non-hydrogen) atoms. The largest absolute Gasteiger partial charge is 0.416 e. The molecule has 0 heterocycles. The van der Waals surface area contributed by atoms with Crippen molar-refractivity contribution < 1.29 is 31.2 Å². The smallest absolute Gasteiger partial charge is 0.357 e. The van der Waals surface area contributed by atoms with Crippen LogP contribution in [0.5, 0.6) is 0 Å². The van der Waals surface area contributed by atoms with Gasteiger partial charge in [-0.2, -0.15) is 13.2 Å². The van der Waals surface area contributed by atoms with Crippen LogP contribution in [-0.4, -0.2) is 44.8 Å². The van der Waals surface area contributed by atoms with Crippen molar-refractivity contribution in [1.82, 2.24) is 10.2 Å². The van der Waals surface area contributed by atoms with Gasteiger partial charge in [-0.15, -0.1) is 0 Å². The van der Waals surface area contributed by atoms with Gasteiger partial charge in [0.1, 0.15) is 12.6 Å². The number of nitrogens with zero attached hydrogens (tertiary/aromatic N) is 2. The van der Waals surface area contributed by atoms with Crippen molar-refractivity contribution in [3.63, 3.8) is 0 Å². The summed E-state index contributed by atoms with van der Waals surface area (Å²) in [5.41, 5.74) is 1.02. The van der Waals surface area contributed by atoms with Crippen LogP contribution in [-0.2, 0) is 32.3 Å². The minimum atomic E-state index is -4.73. The van der Waals surface area contributed by atoms with E-state index in [2.05, 4.69) is 5.32 Å². The van der Waals surface area contributed by atoms with Gasteiger partial charge in [0, 0.05) is 13.6 Å². The number of sulfonamides is 1. The van der Waals surface area contributed by atoms with Gasteiger partial charge in [0.2, 0.25) is 11.8 Å². The Morgan fingerprint density at radius 2 is 1.57 bits per heavy atom. The van der Waals surface area contributed by atoms with Crippen LogP contribution in [0.4, 0.5) is 18.9 Å². The molecule has 0 fully saturated rings. The van der Waals surface area contributed by atoms with Crippen LogP contribution < -0.4 is 9.62 Å². The second kappa shape index (κ2) is 12.5. The Hall–Kier alpha value is -3.86. The molecule has 0 saturated carbocycles. The third kappa shape index (κ3) is 7.20. The fourth-order valence-electron chi connectivity index (χ4n) is 4.30. The SMILES string of the molecule is CC[C@@H](C(=O)NC)N(Cc1cccc(C)c1)C(=O)CN(c1cccc(C(F)(F)F)c1)S(=O)(=O)c1ccc(C)cc1. The maximum absolute atomic E-state index is 13.9. The van der Waals surface area contributed by atoms with E-state index < -0.39 is 46.2 Å². The van der Waals surface area contributed by atoms with E-state index >= 15 is 0 Å². The van der Waals surface area contributed by atoms with Crippen LogP contribution in [0.2, 0.25) is 0 Å². The minimum Gasteiger partial charge on any atom is -0.357 e. The molecule has 0 radical (unpaired) electrons. The van der Waals surface area contributed by atoms with E-state index in [1.165, 1.54) is 30.1 Å². The normalized spacial score (nSPS) is 12.5. The zero-order valence-electron chi connectivity index (χ0n) is 22.7. The Balaban J connectivity index is 2.12. The highest BCUT2D eigenvalue weighted by Gasteiger charge is 2.35. The van der Waals surface area contributed by atoms with Crippen LogP contribution in [0.1, 0.15) is 35.6 Å². The van der Waals surface area contributed by atoms with Crippen molar-refractivity contribution in [2.45, 2.75) is 50.9 Å². The molecule has 1 N–H and O–H groups in total. The van der Waals surface area contributed by atoms with Crippen molar-refractivity contribution in [2.75, 3.05) is 17.9 Å². The lowest BCUT2D eigenvalue weighted by atomic mass is 10.1.